The van der Waals surface area contributed by atoms with Crippen molar-refractivity contribution in [1.29, 1.82) is 0 Å². The number of aromatic nitrogens is 2. The monoisotopic (exact) mass is 234 g/mol. The molecule has 90 valence electrons. The van der Waals surface area contributed by atoms with Gasteiger partial charge < -0.3 is 14.2 Å². The van der Waals surface area contributed by atoms with Crippen LogP contribution in [0.4, 0.5) is 0 Å². The number of piperazine rings is 1. The number of rotatable bonds is 3. The Kier molecular flexibility index (Phi) is 2.89. The van der Waals surface area contributed by atoms with Crippen LogP contribution in [-0.4, -0.2) is 41.3 Å². The van der Waals surface area contributed by atoms with Gasteiger partial charge in [0.2, 0.25) is 5.89 Å². The van der Waals surface area contributed by atoms with Gasteiger partial charge in [0.1, 0.15) is 0 Å². The molecule has 1 aliphatic rings. The number of hydrogen-bond donors (Lipinski definition) is 1. The normalized spacial score (nSPS) is 17.4. The van der Waals surface area contributed by atoms with Crippen LogP contribution < -0.4 is 5.32 Å². The van der Waals surface area contributed by atoms with Crippen molar-refractivity contribution >= 4 is 0 Å². The summed E-state index contributed by atoms with van der Waals surface area (Å²) in [6, 6.07) is 3.61. The Morgan fingerprint density at radius 3 is 2.94 bits per heavy atom. The first kappa shape index (κ1) is 10.5. The molecule has 0 atom stereocenters. The van der Waals surface area contributed by atoms with Gasteiger partial charge in [-0.15, -0.1) is 10.2 Å². The van der Waals surface area contributed by atoms with Gasteiger partial charge in [0.15, 0.2) is 5.76 Å². The van der Waals surface area contributed by atoms with E-state index in [1.54, 1.807) is 12.3 Å². The first-order valence-electron chi connectivity index (χ1n) is 5.71. The number of nitrogens with one attached hydrogen (secondary N) is 1. The van der Waals surface area contributed by atoms with Gasteiger partial charge in [0, 0.05) is 26.2 Å². The van der Waals surface area contributed by atoms with E-state index in [0.29, 0.717) is 24.1 Å². The van der Waals surface area contributed by atoms with E-state index >= 15 is 0 Å². The Morgan fingerprint density at radius 1 is 1.29 bits per heavy atom. The van der Waals surface area contributed by atoms with E-state index in [9.17, 15) is 0 Å². The highest BCUT2D eigenvalue weighted by Crippen LogP contribution is 2.18. The second kappa shape index (κ2) is 4.68. The maximum Gasteiger partial charge on any atom is 0.283 e. The molecule has 1 N–H and O–H groups in total. The summed E-state index contributed by atoms with van der Waals surface area (Å²) in [7, 11) is 0. The van der Waals surface area contributed by atoms with E-state index in [4.69, 9.17) is 8.83 Å². The Morgan fingerprint density at radius 2 is 2.18 bits per heavy atom. The zero-order valence-electron chi connectivity index (χ0n) is 9.43. The van der Waals surface area contributed by atoms with Gasteiger partial charge in [-0.05, 0) is 12.1 Å². The summed E-state index contributed by atoms with van der Waals surface area (Å²) in [4.78, 5) is 2.29. The fraction of sp³-hybridized carbons (Fsp3) is 0.455. The molecule has 0 amide bonds. The standard InChI is InChI=1S/C11H14N4O2/c1-2-9(16-7-1)11-14-13-10(17-11)8-15-5-3-12-4-6-15/h1-2,7,12H,3-6,8H2. The number of furan rings is 1. The van der Waals surface area contributed by atoms with Crippen molar-refractivity contribution in [3.63, 3.8) is 0 Å². The Bertz CT molecular complexity index is 460. The molecule has 0 radical (unpaired) electrons. The van der Waals surface area contributed by atoms with Gasteiger partial charge in [-0.25, -0.2) is 0 Å². The highest BCUT2D eigenvalue weighted by atomic mass is 16.4. The summed E-state index contributed by atoms with van der Waals surface area (Å²) < 4.78 is 10.8. The number of hydrogen-bond acceptors (Lipinski definition) is 6. The average Bonchev–Trinajstić information content (AvgIpc) is 3.00. The molecule has 0 saturated carbocycles. The fourth-order valence-corrected chi connectivity index (χ4v) is 1.88. The highest BCUT2D eigenvalue weighted by Gasteiger charge is 2.15. The molecular formula is C11H14N4O2. The molecule has 0 bridgehead atoms. The van der Waals surface area contributed by atoms with Crippen LogP contribution in [0.1, 0.15) is 5.89 Å². The molecule has 3 rings (SSSR count). The minimum absolute atomic E-state index is 0.445. The van der Waals surface area contributed by atoms with E-state index in [1.807, 2.05) is 6.07 Å². The summed E-state index contributed by atoms with van der Waals surface area (Å²) in [6.07, 6.45) is 1.59. The molecule has 2 aromatic rings. The van der Waals surface area contributed by atoms with Crippen LogP contribution in [0.15, 0.2) is 27.2 Å². The molecule has 1 fully saturated rings. The first-order valence-corrected chi connectivity index (χ1v) is 5.71. The average molecular weight is 234 g/mol. The third-order valence-corrected chi connectivity index (χ3v) is 2.77. The predicted molar refractivity (Wildman–Crippen MR) is 60.1 cm³/mol. The van der Waals surface area contributed by atoms with E-state index in [-0.39, 0.29) is 0 Å². The lowest BCUT2D eigenvalue weighted by atomic mass is 10.3. The molecule has 0 unspecified atom stereocenters. The zero-order valence-corrected chi connectivity index (χ0v) is 9.43. The Balaban J connectivity index is 1.68. The molecule has 17 heavy (non-hydrogen) atoms. The van der Waals surface area contributed by atoms with Crippen molar-refractivity contribution < 1.29 is 8.83 Å². The second-order valence-corrected chi connectivity index (χ2v) is 4.00. The molecule has 1 aliphatic heterocycles. The second-order valence-electron chi connectivity index (χ2n) is 4.00. The van der Waals surface area contributed by atoms with Crippen LogP contribution in [-0.2, 0) is 6.54 Å². The van der Waals surface area contributed by atoms with Crippen molar-refractivity contribution in [3.05, 3.63) is 24.3 Å². The number of nitrogens with zero attached hydrogens (tertiary/aromatic N) is 3. The molecule has 0 aromatic carbocycles. The fourth-order valence-electron chi connectivity index (χ4n) is 1.88. The summed E-state index contributed by atoms with van der Waals surface area (Å²) in [5.74, 6) is 1.70. The lowest BCUT2D eigenvalue weighted by Crippen LogP contribution is -2.42. The highest BCUT2D eigenvalue weighted by molar-refractivity contribution is 5.42. The third kappa shape index (κ3) is 2.37. The minimum atomic E-state index is 0.445. The molecule has 0 spiro atoms. The Labute approximate surface area is 98.6 Å². The van der Waals surface area contributed by atoms with E-state index in [2.05, 4.69) is 20.4 Å². The molecular weight excluding hydrogens is 220 g/mol. The lowest BCUT2D eigenvalue weighted by Gasteiger charge is -2.25. The maximum atomic E-state index is 5.55. The van der Waals surface area contributed by atoms with Gasteiger partial charge >= 0.3 is 0 Å². The van der Waals surface area contributed by atoms with Crippen LogP contribution in [0.25, 0.3) is 11.7 Å². The SMILES string of the molecule is c1coc(-c2nnc(CN3CCNCC3)o2)c1. The smallest absolute Gasteiger partial charge is 0.283 e. The van der Waals surface area contributed by atoms with Gasteiger partial charge in [0.05, 0.1) is 12.8 Å². The van der Waals surface area contributed by atoms with Crippen molar-refractivity contribution in [1.82, 2.24) is 20.4 Å². The summed E-state index contributed by atoms with van der Waals surface area (Å²) in [5, 5.41) is 11.3. The topological polar surface area (TPSA) is 67.3 Å². The van der Waals surface area contributed by atoms with Gasteiger partial charge in [-0.3, -0.25) is 4.90 Å². The molecule has 0 aliphatic carbocycles. The molecule has 1 saturated heterocycles. The van der Waals surface area contributed by atoms with Crippen LogP contribution >= 0.6 is 0 Å². The Hall–Kier alpha value is -1.66. The molecule has 2 aromatic heterocycles. The van der Waals surface area contributed by atoms with Crippen LogP contribution in [0.2, 0.25) is 0 Å². The predicted octanol–water partition coefficient (Wildman–Crippen LogP) is 0.735. The van der Waals surface area contributed by atoms with Crippen molar-refractivity contribution in [3.8, 4) is 11.7 Å². The maximum absolute atomic E-state index is 5.55. The minimum Gasteiger partial charge on any atom is -0.459 e. The van der Waals surface area contributed by atoms with Gasteiger partial charge in [-0.2, -0.15) is 0 Å². The van der Waals surface area contributed by atoms with Gasteiger partial charge in [-0.1, -0.05) is 0 Å². The van der Waals surface area contributed by atoms with Crippen LogP contribution in [0.3, 0.4) is 0 Å². The largest absolute Gasteiger partial charge is 0.459 e. The third-order valence-electron chi connectivity index (χ3n) is 2.77. The molecule has 6 heteroatoms. The van der Waals surface area contributed by atoms with Crippen molar-refractivity contribution in [2.75, 3.05) is 26.2 Å². The summed E-state index contributed by atoms with van der Waals surface area (Å²) >= 11 is 0. The zero-order chi connectivity index (χ0) is 11.5. The lowest BCUT2D eigenvalue weighted by molar-refractivity contribution is 0.212. The molecule has 3 heterocycles. The van der Waals surface area contributed by atoms with E-state index in [1.165, 1.54) is 0 Å². The van der Waals surface area contributed by atoms with E-state index in [0.717, 1.165) is 26.2 Å². The summed E-state index contributed by atoms with van der Waals surface area (Å²) in [6.45, 7) is 4.75. The van der Waals surface area contributed by atoms with Crippen molar-refractivity contribution in [2.45, 2.75) is 6.54 Å². The molecule has 6 nitrogen and oxygen atoms in total. The van der Waals surface area contributed by atoms with Gasteiger partial charge in [0.25, 0.3) is 5.89 Å². The van der Waals surface area contributed by atoms with E-state index < -0.39 is 0 Å². The van der Waals surface area contributed by atoms with Crippen molar-refractivity contribution in [2.24, 2.45) is 0 Å². The quantitative estimate of drug-likeness (QED) is 0.844. The first-order chi connectivity index (χ1) is 8.42. The van der Waals surface area contributed by atoms with Crippen LogP contribution in [0, 0.1) is 0 Å². The van der Waals surface area contributed by atoms with Crippen LogP contribution in [0.5, 0.6) is 0 Å². The summed E-state index contributed by atoms with van der Waals surface area (Å²) in [5.41, 5.74) is 0.